The Balaban J connectivity index is 1.35. The minimum Gasteiger partial charge on any atom is -0.494 e. The Morgan fingerprint density at radius 2 is 1.61 bits per heavy atom. The molecule has 0 spiro atoms. The first-order valence-corrected chi connectivity index (χ1v) is 10.9. The van der Waals surface area contributed by atoms with Gasteiger partial charge in [0.2, 0.25) is 0 Å². The van der Waals surface area contributed by atoms with Crippen LogP contribution in [0, 0.1) is 23.7 Å². The lowest BCUT2D eigenvalue weighted by Crippen LogP contribution is -2.37. The number of Topliss-reactive ketones (excluding diaryl/α,β-unsaturated/α-hetero) is 1. The second kappa shape index (κ2) is 9.33. The van der Waals surface area contributed by atoms with Crippen molar-refractivity contribution in [1.82, 2.24) is 0 Å². The Bertz CT molecular complexity index is 940. The van der Waals surface area contributed by atoms with E-state index in [1.54, 1.807) is 36.4 Å². The van der Waals surface area contributed by atoms with Gasteiger partial charge in [0.05, 0.1) is 12.5 Å². The summed E-state index contributed by atoms with van der Waals surface area (Å²) in [5.41, 5.74) is 1.23. The van der Waals surface area contributed by atoms with Gasteiger partial charge >= 0.3 is 5.97 Å². The van der Waals surface area contributed by atoms with Crippen LogP contribution in [0.2, 0.25) is 0 Å². The van der Waals surface area contributed by atoms with Crippen molar-refractivity contribution >= 4 is 23.3 Å². The van der Waals surface area contributed by atoms with Crippen molar-refractivity contribution in [2.24, 2.45) is 23.7 Å². The summed E-state index contributed by atoms with van der Waals surface area (Å²) in [6.07, 6.45) is 2.78. The van der Waals surface area contributed by atoms with Gasteiger partial charge in [-0.05, 0) is 62.3 Å². The molecule has 2 aromatic carbocycles. The quantitative estimate of drug-likeness (QED) is 0.512. The fraction of sp³-hybridized carbons (Fsp3) is 0.400. The summed E-state index contributed by atoms with van der Waals surface area (Å²) in [7, 11) is 0. The molecule has 2 aliphatic rings. The Kier molecular flexibility index (Phi) is 6.35. The third kappa shape index (κ3) is 4.63. The first-order chi connectivity index (χ1) is 15.1. The smallest absolute Gasteiger partial charge is 0.310 e. The molecular weight excluding hydrogens is 394 g/mol. The lowest BCUT2D eigenvalue weighted by molar-refractivity contribution is -0.154. The number of carbonyl (C=O) groups excluding carboxylic acids is 3. The maximum absolute atomic E-state index is 13.1. The summed E-state index contributed by atoms with van der Waals surface area (Å²) < 4.78 is 10.7. The normalized spacial score (nSPS) is 23.9. The highest BCUT2D eigenvalue weighted by Gasteiger charge is 2.54. The fourth-order valence-electron chi connectivity index (χ4n) is 5.03. The first kappa shape index (κ1) is 21.1. The van der Waals surface area contributed by atoms with Crippen LogP contribution >= 0.6 is 0 Å². The molecule has 0 unspecified atom stereocenters. The first-order valence-electron chi connectivity index (χ1n) is 10.9. The van der Waals surface area contributed by atoms with Gasteiger partial charge in [-0.25, -0.2) is 0 Å². The molecule has 1 amide bonds. The van der Waals surface area contributed by atoms with Crippen molar-refractivity contribution < 1.29 is 23.9 Å². The number of esters is 1. The van der Waals surface area contributed by atoms with Gasteiger partial charge in [-0.1, -0.05) is 30.3 Å². The van der Waals surface area contributed by atoms with Crippen molar-refractivity contribution in [3.05, 3.63) is 60.2 Å². The van der Waals surface area contributed by atoms with Crippen LogP contribution in [0.25, 0.3) is 0 Å². The summed E-state index contributed by atoms with van der Waals surface area (Å²) in [5.74, 6) is -0.578. The van der Waals surface area contributed by atoms with Gasteiger partial charge in [0.1, 0.15) is 5.75 Å². The Hall–Kier alpha value is -3.15. The lowest BCUT2D eigenvalue weighted by Gasteiger charge is -2.28. The molecular formula is C25H27NO5. The van der Waals surface area contributed by atoms with Crippen molar-refractivity contribution in [3.63, 3.8) is 0 Å². The number of amides is 1. The average Bonchev–Trinajstić information content (AvgIpc) is 3.41. The molecule has 0 heterocycles. The zero-order chi connectivity index (χ0) is 21.8. The van der Waals surface area contributed by atoms with E-state index >= 15 is 0 Å². The average molecular weight is 421 g/mol. The lowest BCUT2D eigenvalue weighted by atomic mass is 9.75. The molecule has 0 aromatic heterocycles. The summed E-state index contributed by atoms with van der Waals surface area (Å²) in [5, 5.41) is 2.71. The molecule has 0 saturated heterocycles. The molecule has 2 aliphatic carbocycles. The van der Waals surface area contributed by atoms with Gasteiger partial charge in [-0.3, -0.25) is 14.4 Å². The molecule has 0 radical (unpaired) electrons. The van der Waals surface area contributed by atoms with E-state index in [9.17, 15) is 14.4 Å². The molecule has 4 atom stereocenters. The minimum atomic E-state index is -0.468. The Morgan fingerprint density at radius 3 is 2.29 bits per heavy atom. The number of rotatable bonds is 8. The predicted octanol–water partition coefficient (Wildman–Crippen LogP) is 4.11. The zero-order valence-corrected chi connectivity index (χ0v) is 17.6. The molecule has 6 nitrogen and oxygen atoms in total. The van der Waals surface area contributed by atoms with E-state index in [1.807, 2.05) is 25.1 Å². The predicted molar refractivity (Wildman–Crippen MR) is 116 cm³/mol. The van der Waals surface area contributed by atoms with E-state index in [0.717, 1.165) is 25.0 Å². The van der Waals surface area contributed by atoms with E-state index in [2.05, 4.69) is 5.32 Å². The molecule has 2 aromatic rings. The van der Waals surface area contributed by atoms with Gasteiger partial charge in [0, 0.05) is 17.2 Å². The number of benzene rings is 2. The second-order valence-corrected chi connectivity index (χ2v) is 8.23. The third-order valence-electron chi connectivity index (χ3n) is 6.34. The van der Waals surface area contributed by atoms with Gasteiger partial charge in [0.25, 0.3) is 5.91 Å². The second-order valence-electron chi connectivity index (χ2n) is 8.23. The maximum Gasteiger partial charge on any atom is 0.310 e. The maximum atomic E-state index is 13.1. The van der Waals surface area contributed by atoms with Crippen molar-refractivity contribution in [1.29, 1.82) is 0 Å². The third-order valence-corrected chi connectivity index (χ3v) is 6.34. The molecule has 2 bridgehead atoms. The number of anilines is 1. The van der Waals surface area contributed by atoms with Crippen LogP contribution in [0.1, 0.15) is 36.5 Å². The summed E-state index contributed by atoms with van der Waals surface area (Å²) >= 11 is 0. The summed E-state index contributed by atoms with van der Waals surface area (Å²) in [4.78, 5) is 38.2. The fourth-order valence-corrected chi connectivity index (χ4v) is 5.03. The number of hydrogen-bond acceptors (Lipinski definition) is 5. The van der Waals surface area contributed by atoms with E-state index in [-0.39, 0.29) is 30.1 Å². The highest BCUT2D eigenvalue weighted by Crippen LogP contribution is 2.53. The van der Waals surface area contributed by atoms with Crippen molar-refractivity contribution in [3.8, 4) is 5.75 Å². The highest BCUT2D eigenvalue weighted by molar-refractivity contribution is 6.01. The number of carbonyl (C=O) groups is 3. The van der Waals surface area contributed by atoms with E-state index in [1.165, 1.54) is 0 Å². The highest BCUT2D eigenvalue weighted by atomic mass is 16.5. The standard InChI is InChI=1S/C25H27NO5/c1-2-30-20-12-10-19(11-13-20)26-21(27)15-31-25(29)23-18-9-8-17(14-18)22(23)24(28)16-6-4-3-5-7-16/h3-7,10-13,17-18,22-23H,2,8-9,14-15H2,1H3,(H,26,27)/t17-,18-,22-,23-/m0/s1. The number of nitrogens with one attached hydrogen (secondary N) is 1. The number of fused-ring (bicyclic) bond motifs is 2. The van der Waals surface area contributed by atoms with Crippen LogP contribution in [-0.4, -0.2) is 30.9 Å². The molecule has 4 rings (SSSR count). The van der Waals surface area contributed by atoms with Gasteiger partial charge in [-0.2, -0.15) is 0 Å². The van der Waals surface area contributed by atoms with Crippen LogP contribution in [0.3, 0.4) is 0 Å². The van der Waals surface area contributed by atoms with Crippen LogP contribution in [-0.2, 0) is 14.3 Å². The van der Waals surface area contributed by atoms with E-state index in [0.29, 0.717) is 17.9 Å². The molecule has 6 heteroatoms. The van der Waals surface area contributed by atoms with Gasteiger partial charge in [0.15, 0.2) is 12.4 Å². The zero-order valence-electron chi connectivity index (χ0n) is 17.6. The SMILES string of the molecule is CCOc1ccc(NC(=O)COC(=O)[C@H]2[C@H]3CC[C@@H](C3)[C@@H]2C(=O)c2ccccc2)cc1. The van der Waals surface area contributed by atoms with Crippen LogP contribution in [0.4, 0.5) is 5.69 Å². The molecule has 2 saturated carbocycles. The molecule has 0 aliphatic heterocycles. The van der Waals surface area contributed by atoms with Crippen molar-refractivity contribution in [2.45, 2.75) is 26.2 Å². The van der Waals surface area contributed by atoms with Crippen LogP contribution < -0.4 is 10.1 Å². The van der Waals surface area contributed by atoms with Crippen LogP contribution in [0.15, 0.2) is 54.6 Å². The topological polar surface area (TPSA) is 81.7 Å². The Labute approximate surface area is 181 Å². The molecule has 162 valence electrons. The number of ether oxygens (including phenoxy) is 2. The number of hydrogen-bond donors (Lipinski definition) is 1. The van der Waals surface area contributed by atoms with Crippen molar-refractivity contribution in [2.75, 3.05) is 18.5 Å². The Morgan fingerprint density at radius 1 is 0.935 bits per heavy atom. The van der Waals surface area contributed by atoms with Gasteiger partial charge < -0.3 is 14.8 Å². The molecule has 31 heavy (non-hydrogen) atoms. The monoisotopic (exact) mass is 421 g/mol. The molecule has 1 N–H and O–H groups in total. The van der Waals surface area contributed by atoms with Crippen LogP contribution in [0.5, 0.6) is 5.75 Å². The number of ketones is 1. The summed E-state index contributed by atoms with van der Waals surface area (Å²) in [6.45, 7) is 2.10. The van der Waals surface area contributed by atoms with E-state index < -0.39 is 17.8 Å². The largest absolute Gasteiger partial charge is 0.494 e. The summed E-state index contributed by atoms with van der Waals surface area (Å²) in [6, 6.07) is 16.1. The van der Waals surface area contributed by atoms with E-state index in [4.69, 9.17) is 9.47 Å². The van der Waals surface area contributed by atoms with Gasteiger partial charge in [-0.15, -0.1) is 0 Å². The minimum absolute atomic E-state index is 0.00795. The molecule has 2 fully saturated rings.